The molecular weight excluding hydrogens is 270 g/mol. The van der Waals surface area contributed by atoms with Gasteiger partial charge in [-0.15, -0.1) is 0 Å². The van der Waals surface area contributed by atoms with Gasteiger partial charge in [-0.1, -0.05) is 37.8 Å². The number of hydrogen-bond donors (Lipinski definition) is 1. The number of nitrogens with one attached hydrogen (secondary N) is 1. The van der Waals surface area contributed by atoms with Crippen molar-refractivity contribution in [3.05, 3.63) is 35.2 Å². The predicted molar refractivity (Wildman–Crippen MR) is 83.1 cm³/mol. The van der Waals surface area contributed by atoms with Crippen LogP contribution in [0.15, 0.2) is 24.5 Å². The van der Waals surface area contributed by atoms with Crippen molar-refractivity contribution in [1.82, 2.24) is 14.7 Å². The molecule has 0 radical (unpaired) electrons. The Kier molecular flexibility index (Phi) is 4.27. The van der Waals surface area contributed by atoms with Crippen LogP contribution in [0, 0.1) is 5.92 Å². The number of hydrogen-bond acceptors (Lipinski definition) is 2. The van der Waals surface area contributed by atoms with E-state index in [9.17, 15) is 0 Å². The van der Waals surface area contributed by atoms with E-state index in [0.717, 1.165) is 28.8 Å². The highest BCUT2D eigenvalue weighted by Gasteiger charge is 2.20. The van der Waals surface area contributed by atoms with Gasteiger partial charge in [-0.2, -0.15) is 0 Å². The third-order valence-corrected chi connectivity index (χ3v) is 4.62. The maximum atomic E-state index is 5.99. The molecule has 0 bridgehead atoms. The number of fused-ring (bicyclic) bond motifs is 1. The van der Waals surface area contributed by atoms with Gasteiger partial charge in [0.05, 0.1) is 10.7 Å². The number of nitrogens with zero attached hydrogens (tertiary/aromatic N) is 2. The second-order valence-electron chi connectivity index (χ2n) is 5.86. The van der Waals surface area contributed by atoms with Crippen LogP contribution in [0.1, 0.15) is 44.7 Å². The lowest BCUT2D eigenvalue weighted by atomic mass is 9.84. The standard InChI is InChI=1S/C16H22ClN3/c1-2-12-4-3-5-14(8-12)18-9-15-11-20-10-13(17)6-7-16(20)19-15/h6-7,10-12,14,18H,2-5,8-9H2,1H3. The van der Waals surface area contributed by atoms with Crippen molar-refractivity contribution >= 4 is 17.2 Å². The minimum atomic E-state index is 0.655. The second-order valence-corrected chi connectivity index (χ2v) is 6.30. The zero-order chi connectivity index (χ0) is 13.9. The summed E-state index contributed by atoms with van der Waals surface area (Å²) in [5, 5.41) is 4.41. The largest absolute Gasteiger partial charge is 0.308 e. The first kappa shape index (κ1) is 13.9. The Labute approximate surface area is 125 Å². The molecule has 0 aromatic carbocycles. The molecule has 0 spiro atoms. The van der Waals surface area contributed by atoms with Gasteiger partial charge in [0.2, 0.25) is 0 Å². The molecule has 4 heteroatoms. The summed E-state index contributed by atoms with van der Waals surface area (Å²) in [6, 6.07) is 4.50. The Morgan fingerprint density at radius 2 is 2.25 bits per heavy atom. The fourth-order valence-electron chi connectivity index (χ4n) is 3.20. The first-order valence-electron chi connectivity index (χ1n) is 7.61. The number of imidazole rings is 1. The minimum Gasteiger partial charge on any atom is -0.308 e. The molecule has 2 unspecified atom stereocenters. The topological polar surface area (TPSA) is 29.3 Å². The van der Waals surface area contributed by atoms with E-state index in [0.29, 0.717) is 6.04 Å². The molecule has 0 aliphatic heterocycles. The van der Waals surface area contributed by atoms with Gasteiger partial charge in [0.15, 0.2) is 0 Å². The molecule has 1 N–H and O–H groups in total. The smallest absolute Gasteiger partial charge is 0.137 e. The number of rotatable bonds is 4. The van der Waals surface area contributed by atoms with Crippen molar-refractivity contribution in [2.24, 2.45) is 5.92 Å². The highest BCUT2D eigenvalue weighted by Crippen LogP contribution is 2.26. The van der Waals surface area contributed by atoms with Gasteiger partial charge in [0.1, 0.15) is 5.65 Å². The lowest BCUT2D eigenvalue weighted by Crippen LogP contribution is -2.33. The molecule has 2 atom stereocenters. The molecule has 2 aromatic rings. The van der Waals surface area contributed by atoms with Gasteiger partial charge in [0, 0.05) is 25.0 Å². The van der Waals surface area contributed by atoms with Gasteiger partial charge in [-0.3, -0.25) is 0 Å². The Balaban J connectivity index is 1.62. The minimum absolute atomic E-state index is 0.655. The molecule has 0 saturated heterocycles. The lowest BCUT2D eigenvalue weighted by molar-refractivity contribution is 0.278. The number of halogens is 1. The summed E-state index contributed by atoms with van der Waals surface area (Å²) in [5.41, 5.74) is 2.05. The Morgan fingerprint density at radius 1 is 1.35 bits per heavy atom. The molecule has 1 fully saturated rings. The zero-order valence-corrected chi connectivity index (χ0v) is 12.7. The van der Waals surface area contributed by atoms with Crippen LogP contribution in [0.25, 0.3) is 5.65 Å². The maximum absolute atomic E-state index is 5.99. The molecule has 1 aliphatic carbocycles. The third-order valence-electron chi connectivity index (χ3n) is 4.40. The quantitative estimate of drug-likeness (QED) is 0.921. The van der Waals surface area contributed by atoms with E-state index < -0.39 is 0 Å². The van der Waals surface area contributed by atoms with E-state index >= 15 is 0 Å². The maximum Gasteiger partial charge on any atom is 0.137 e. The summed E-state index contributed by atoms with van der Waals surface area (Å²) in [6.07, 6.45) is 10.7. The summed E-state index contributed by atoms with van der Waals surface area (Å²) >= 11 is 5.99. The molecule has 1 saturated carbocycles. The Hall–Kier alpha value is -1.06. The van der Waals surface area contributed by atoms with Crippen LogP contribution in [0.4, 0.5) is 0 Å². The Bertz CT molecular complexity index is 578. The predicted octanol–water partition coefficient (Wildman–Crippen LogP) is 4.05. The van der Waals surface area contributed by atoms with Crippen LogP contribution >= 0.6 is 11.6 Å². The van der Waals surface area contributed by atoms with Crippen molar-refractivity contribution in [3.63, 3.8) is 0 Å². The average molecular weight is 292 g/mol. The van der Waals surface area contributed by atoms with Gasteiger partial charge in [-0.05, 0) is 30.9 Å². The highest BCUT2D eigenvalue weighted by molar-refractivity contribution is 6.30. The summed E-state index contributed by atoms with van der Waals surface area (Å²) in [7, 11) is 0. The fourth-order valence-corrected chi connectivity index (χ4v) is 3.37. The van der Waals surface area contributed by atoms with Crippen LogP contribution in [-0.4, -0.2) is 15.4 Å². The average Bonchev–Trinajstić information content (AvgIpc) is 2.87. The van der Waals surface area contributed by atoms with Crippen molar-refractivity contribution in [3.8, 4) is 0 Å². The van der Waals surface area contributed by atoms with Crippen LogP contribution in [-0.2, 0) is 6.54 Å². The number of pyridine rings is 1. The van der Waals surface area contributed by atoms with Gasteiger partial charge in [-0.25, -0.2) is 4.98 Å². The van der Waals surface area contributed by atoms with Crippen molar-refractivity contribution < 1.29 is 0 Å². The monoisotopic (exact) mass is 291 g/mol. The third kappa shape index (κ3) is 3.15. The van der Waals surface area contributed by atoms with E-state index in [1.807, 2.05) is 22.7 Å². The molecule has 20 heavy (non-hydrogen) atoms. The summed E-state index contributed by atoms with van der Waals surface area (Å²) in [5.74, 6) is 0.904. The fraction of sp³-hybridized carbons (Fsp3) is 0.562. The van der Waals surface area contributed by atoms with Crippen molar-refractivity contribution in [2.75, 3.05) is 0 Å². The highest BCUT2D eigenvalue weighted by atomic mass is 35.5. The van der Waals surface area contributed by atoms with Crippen molar-refractivity contribution in [1.29, 1.82) is 0 Å². The second kappa shape index (κ2) is 6.15. The normalized spacial score (nSPS) is 23.3. The first-order valence-corrected chi connectivity index (χ1v) is 7.99. The molecule has 2 aromatic heterocycles. The number of aromatic nitrogens is 2. The van der Waals surface area contributed by atoms with Crippen LogP contribution in [0.5, 0.6) is 0 Å². The van der Waals surface area contributed by atoms with Crippen LogP contribution in [0.2, 0.25) is 5.02 Å². The van der Waals surface area contributed by atoms with Crippen molar-refractivity contribution in [2.45, 2.75) is 51.6 Å². The summed E-state index contributed by atoms with van der Waals surface area (Å²) in [6.45, 7) is 3.15. The van der Waals surface area contributed by atoms with Gasteiger partial charge >= 0.3 is 0 Å². The molecule has 0 amide bonds. The van der Waals surface area contributed by atoms with Crippen LogP contribution < -0.4 is 5.32 Å². The zero-order valence-electron chi connectivity index (χ0n) is 12.0. The lowest BCUT2D eigenvalue weighted by Gasteiger charge is -2.29. The van der Waals surface area contributed by atoms with Gasteiger partial charge < -0.3 is 9.72 Å². The molecular formula is C16H22ClN3. The Morgan fingerprint density at radius 3 is 3.10 bits per heavy atom. The molecule has 2 heterocycles. The SMILES string of the molecule is CCC1CCCC(NCc2cn3cc(Cl)ccc3n2)C1. The first-order chi connectivity index (χ1) is 9.74. The molecule has 3 rings (SSSR count). The molecule has 3 nitrogen and oxygen atoms in total. The molecule has 1 aliphatic rings. The van der Waals surface area contributed by atoms with E-state index in [4.69, 9.17) is 11.6 Å². The van der Waals surface area contributed by atoms with E-state index in [-0.39, 0.29) is 0 Å². The van der Waals surface area contributed by atoms with Crippen LogP contribution in [0.3, 0.4) is 0 Å². The summed E-state index contributed by atoms with van der Waals surface area (Å²) < 4.78 is 2.00. The van der Waals surface area contributed by atoms with E-state index in [2.05, 4.69) is 23.4 Å². The summed E-state index contributed by atoms with van der Waals surface area (Å²) in [4.78, 5) is 4.62. The molecule has 108 valence electrons. The van der Waals surface area contributed by atoms with Gasteiger partial charge in [0.25, 0.3) is 0 Å². The van der Waals surface area contributed by atoms with E-state index in [1.54, 1.807) is 0 Å². The van der Waals surface area contributed by atoms with E-state index in [1.165, 1.54) is 32.1 Å².